The number of amidine groups is 1. The van der Waals surface area contributed by atoms with Gasteiger partial charge < -0.3 is 10.6 Å². The first-order chi connectivity index (χ1) is 9.02. The van der Waals surface area contributed by atoms with E-state index in [4.69, 9.17) is 11.1 Å². The van der Waals surface area contributed by atoms with Crippen molar-refractivity contribution in [3.63, 3.8) is 0 Å². The van der Waals surface area contributed by atoms with Crippen molar-refractivity contribution in [3.8, 4) is 0 Å². The number of anilines is 1. The highest BCUT2D eigenvalue weighted by atomic mass is 19.1. The Kier molecular flexibility index (Phi) is 4.04. The molecule has 1 unspecified atom stereocenters. The molecule has 5 heteroatoms. The fraction of sp³-hybridized carbons (Fsp3) is 0.500. The smallest absolute Gasteiger partial charge is 0.147 e. The summed E-state index contributed by atoms with van der Waals surface area (Å²) < 4.78 is 14.1. The van der Waals surface area contributed by atoms with Gasteiger partial charge in [0.25, 0.3) is 0 Å². The number of benzene rings is 1. The summed E-state index contributed by atoms with van der Waals surface area (Å²) in [4.78, 5) is 4.39. The van der Waals surface area contributed by atoms with Gasteiger partial charge in [0.15, 0.2) is 0 Å². The number of nitrogens with two attached hydrogens (primary N) is 1. The third kappa shape index (κ3) is 2.87. The van der Waals surface area contributed by atoms with Crippen LogP contribution in [0.3, 0.4) is 0 Å². The number of nitrogens with one attached hydrogen (secondary N) is 1. The zero-order valence-electron chi connectivity index (χ0n) is 11.5. The van der Waals surface area contributed by atoms with E-state index < -0.39 is 0 Å². The van der Waals surface area contributed by atoms with Crippen LogP contribution in [-0.4, -0.2) is 43.5 Å². The van der Waals surface area contributed by atoms with E-state index in [0.29, 0.717) is 17.3 Å². The minimum atomic E-state index is -0.299. The van der Waals surface area contributed by atoms with Gasteiger partial charge in [0.1, 0.15) is 11.7 Å². The highest BCUT2D eigenvalue weighted by Gasteiger charge is 2.24. The minimum absolute atomic E-state index is 0.102. The topological polar surface area (TPSA) is 56.4 Å². The summed E-state index contributed by atoms with van der Waals surface area (Å²) in [6, 6.07) is 5.24. The van der Waals surface area contributed by atoms with Crippen molar-refractivity contribution in [2.45, 2.75) is 19.4 Å². The van der Waals surface area contributed by atoms with Gasteiger partial charge in [-0.1, -0.05) is 6.92 Å². The van der Waals surface area contributed by atoms with Crippen molar-refractivity contribution < 1.29 is 4.39 Å². The quantitative estimate of drug-likeness (QED) is 0.644. The zero-order valence-corrected chi connectivity index (χ0v) is 11.5. The van der Waals surface area contributed by atoms with Gasteiger partial charge in [0, 0.05) is 31.2 Å². The Hall–Kier alpha value is -1.62. The third-order valence-electron chi connectivity index (χ3n) is 3.85. The van der Waals surface area contributed by atoms with Crippen molar-refractivity contribution in [1.82, 2.24) is 4.90 Å². The van der Waals surface area contributed by atoms with E-state index in [2.05, 4.69) is 23.8 Å². The molecule has 0 spiro atoms. The Labute approximate surface area is 113 Å². The van der Waals surface area contributed by atoms with Crippen LogP contribution in [0.5, 0.6) is 0 Å². The highest BCUT2D eigenvalue weighted by Crippen LogP contribution is 2.23. The van der Waals surface area contributed by atoms with Crippen LogP contribution in [0.4, 0.5) is 10.1 Å². The second-order valence-corrected chi connectivity index (χ2v) is 5.07. The average molecular weight is 264 g/mol. The normalized spacial score (nSPS) is 20.6. The summed E-state index contributed by atoms with van der Waals surface area (Å²) in [5, 5.41) is 7.33. The van der Waals surface area contributed by atoms with Gasteiger partial charge in [-0.3, -0.25) is 10.3 Å². The van der Waals surface area contributed by atoms with Crippen molar-refractivity contribution in [3.05, 3.63) is 29.6 Å². The molecule has 104 valence electrons. The van der Waals surface area contributed by atoms with Crippen molar-refractivity contribution in [2.75, 3.05) is 31.6 Å². The van der Waals surface area contributed by atoms with Crippen LogP contribution in [0.15, 0.2) is 18.2 Å². The second kappa shape index (κ2) is 5.57. The Morgan fingerprint density at radius 3 is 2.79 bits per heavy atom. The summed E-state index contributed by atoms with van der Waals surface area (Å²) in [6.45, 7) is 4.75. The van der Waals surface area contributed by atoms with E-state index in [9.17, 15) is 4.39 Å². The average Bonchev–Trinajstić information content (AvgIpc) is 2.39. The molecule has 0 amide bonds. The van der Waals surface area contributed by atoms with Crippen LogP contribution in [0.2, 0.25) is 0 Å². The van der Waals surface area contributed by atoms with E-state index in [1.165, 1.54) is 6.07 Å². The van der Waals surface area contributed by atoms with Gasteiger partial charge in [0.05, 0.1) is 5.69 Å². The predicted molar refractivity (Wildman–Crippen MR) is 76.3 cm³/mol. The largest absolute Gasteiger partial charge is 0.384 e. The minimum Gasteiger partial charge on any atom is -0.384 e. The van der Waals surface area contributed by atoms with E-state index in [1.807, 2.05) is 0 Å². The lowest BCUT2D eigenvalue weighted by Gasteiger charge is -2.40. The van der Waals surface area contributed by atoms with Crippen molar-refractivity contribution in [1.29, 1.82) is 5.41 Å². The van der Waals surface area contributed by atoms with Crippen LogP contribution in [0, 0.1) is 11.2 Å². The Morgan fingerprint density at radius 2 is 2.21 bits per heavy atom. The van der Waals surface area contributed by atoms with Crippen molar-refractivity contribution >= 4 is 11.5 Å². The fourth-order valence-electron chi connectivity index (χ4n) is 2.54. The number of halogens is 1. The third-order valence-corrected chi connectivity index (χ3v) is 3.85. The number of nitrogens with zero attached hydrogens (tertiary/aromatic N) is 2. The Balaban J connectivity index is 2.20. The summed E-state index contributed by atoms with van der Waals surface area (Å²) >= 11 is 0. The van der Waals surface area contributed by atoms with Crippen LogP contribution in [0.25, 0.3) is 0 Å². The molecule has 1 fully saturated rings. The van der Waals surface area contributed by atoms with Gasteiger partial charge in [0.2, 0.25) is 0 Å². The molecule has 19 heavy (non-hydrogen) atoms. The van der Waals surface area contributed by atoms with Gasteiger partial charge >= 0.3 is 0 Å². The van der Waals surface area contributed by atoms with Crippen LogP contribution < -0.4 is 10.6 Å². The predicted octanol–water partition coefficient (Wildman–Crippen LogP) is 1.64. The molecule has 0 aromatic heterocycles. The van der Waals surface area contributed by atoms with E-state index in [1.54, 1.807) is 12.1 Å². The SMILES string of the molecule is CCC1CN(c2ccc(C(=N)N)cc2F)CCN1C. The summed E-state index contributed by atoms with van der Waals surface area (Å²) in [6.07, 6.45) is 1.06. The summed E-state index contributed by atoms with van der Waals surface area (Å²) in [5.74, 6) is -0.401. The molecule has 0 bridgehead atoms. The number of rotatable bonds is 3. The lowest BCUT2D eigenvalue weighted by atomic mass is 10.1. The van der Waals surface area contributed by atoms with Gasteiger partial charge in [-0.25, -0.2) is 4.39 Å². The zero-order chi connectivity index (χ0) is 14.0. The standard InChI is InChI=1S/C14H21FN4/c1-3-11-9-19(7-6-18(11)2)13-5-4-10(14(16)17)8-12(13)15/h4-5,8,11H,3,6-7,9H2,1-2H3,(H3,16,17). The van der Waals surface area contributed by atoms with E-state index >= 15 is 0 Å². The molecule has 4 nitrogen and oxygen atoms in total. The van der Waals surface area contributed by atoms with Crippen LogP contribution in [0.1, 0.15) is 18.9 Å². The Bertz CT molecular complexity index is 475. The molecular weight excluding hydrogens is 243 g/mol. The molecule has 1 saturated heterocycles. The monoisotopic (exact) mass is 264 g/mol. The second-order valence-electron chi connectivity index (χ2n) is 5.07. The van der Waals surface area contributed by atoms with Gasteiger partial charge in [-0.2, -0.15) is 0 Å². The summed E-state index contributed by atoms with van der Waals surface area (Å²) in [7, 11) is 2.11. The number of nitrogen functional groups attached to an aromatic ring is 1. The lowest BCUT2D eigenvalue weighted by molar-refractivity contribution is 0.213. The maximum Gasteiger partial charge on any atom is 0.147 e. The molecule has 1 heterocycles. The fourth-order valence-corrected chi connectivity index (χ4v) is 2.54. The Morgan fingerprint density at radius 1 is 1.47 bits per heavy atom. The molecule has 1 aromatic rings. The van der Waals surface area contributed by atoms with Gasteiger partial charge in [-0.15, -0.1) is 0 Å². The van der Waals surface area contributed by atoms with Crippen molar-refractivity contribution in [2.24, 2.45) is 5.73 Å². The number of likely N-dealkylation sites (N-methyl/N-ethyl adjacent to an activating group) is 1. The number of hydrogen-bond donors (Lipinski definition) is 2. The number of hydrogen-bond acceptors (Lipinski definition) is 3. The van der Waals surface area contributed by atoms with E-state index in [0.717, 1.165) is 26.1 Å². The highest BCUT2D eigenvalue weighted by molar-refractivity contribution is 5.95. The molecule has 2 rings (SSSR count). The molecule has 0 radical (unpaired) electrons. The first-order valence-corrected chi connectivity index (χ1v) is 6.62. The van der Waals surface area contributed by atoms with E-state index in [-0.39, 0.29) is 11.7 Å². The number of piperazine rings is 1. The lowest BCUT2D eigenvalue weighted by Crippen LogP contribution is -2.51. The molecule has 1 aliphatic rings. The molecule has 1 atom stereocenters. The van der Waals surface area contributed by atoms with Gasteiger partial charge in [-0.05, 0) is 31.7 Å². The first kappa shape index (κ1) is 13.8. The molecule has 3 N–H and O–H groups in total. The summed E-state index contributed by atoms with van der Waals surface area (Å²) in [5.41, 5.74) is 6.41. The molecule has 1 aliphatic heterocycles. The van der Waals surface area contributed by atoms with Crippen LogP contribution in [-0.2, 0) is 0 Å². The maximum absolute atomic E-state index is 14.1. The molecule has 1 aromatic carbocycles. The molecule has 0 saturated carbocycles. The first-order valence-electron chi connectivity index (χ1n) is 6.62. The van der Waals surface area contributed by atoms with Crippen LogP contribution >= 0.6 is 0 Å². The molecule has 0 aliphatic carbocycles. The molecular formula is C14H21FN4. The maximum atomic E-state index is 14.1.